The number of hydrazine groups is 1. The highest BCUT2D eigenvalue weighted by atomic mass is 19.4. The molecule has 0 aliphatic heterocycles. The van der Waals surface area contributed by atoms with Crippen molar-refractivity contribution in [3.05, 3.63) is 11.8 Å². The van der Waals surface area contributed by atoms with Gasteiger partial charge in [0.1, 0.15) is 5.82 Å². The lowest BCUT2D eigenvalue weighted by molar-refractivity contribution is -0.141. The first-order valence-corrected chi connectivity index (χ1v) is 6.99. The Balaban J connectivity index is 2.16. The number of hydrogen-bond acceptors (Lipinski definition) is 5. The first kappa shape index (κ1) is 15.8. The van der Waals surface area contributed by atoms with Crippen LogP contribution in [0.4, 0.5) is 24.9 Å². The molecule has 3 unspecified atom stereocenters. The number of anilines is 2. The second-order valence-corrected chi connectivity index (χ2v) is 5.71. The molecule has 1 heterocycles. The molecule has 5 nitrogen and oxygen atoms in total. The van der Waals surface area contributed by atoms with Crippen molar-refractivity contribution in [3.8, 4) is 0 Å². The zero-order valence-corrected chi connectivity index (χ0v) is 12.0. The van der Waals surface area contributed by atoms with E-state index >= 15 is 0 Å². The fraction of sp³-hybridized carbons (Fsp3) is 0.692. The minimum absolute atomic E-state index is 0.123. The number of nitrogens with one attached hydrogen (secondary N) is 2. The summed E-state index contributed by atoms with van der Waals surface area (Å²) in [6, 6.07) is 1.04. The van der Waals surface area contributed by atoms with Gasteiger partial charge in [0.05, 0.1) is 0 Å². The Bertz CT molecular complexity index is 491. The van der Waals surface area contributed by atoms with Gasteiger partial charge >= 0.3 is 6.18 Å². The second kappa shape index (κ2) is 6.05. The first-order valence-electron chi connectivity index (χ1n) is 6.99. The summed E-state index contributed by atoms with van der Waals surface area (Å²) < 4.78 is 38.4. The van der Waals surface area contributed by atoms with E-state index in [2.05, 4.69) is 34.6 Å². The van der Waals surface area contributed by atoms with Crippen LogP contribution in [0.3, 0.4) is 0 Å². The Morgan fingerprint density at radius 2 is 1.90 bits per heavy atom. The summed E-state index contributed by atoms with van der Waals surface area (Å²) in [5.74, 6) is 6.21. The van der Waals surface area contributed by atoms with E-state index in [-0.39, 0.29) is 17.8 Å². The monoisotopic (exact) mass is 303 g/mol. The molecule has 0 aromatic carbocycles. The summed E-state index contributed by atoms with van der Waals surface area (Å²) in [6.07, 6.45) is -1.64. The van der Waals surface area contributed by atoms with Gasteiger partial charge in [0.2, 0.25) is 5.95 Å². The van der Waals surface area contributed by atoms with Crippen LogP contribution in [0.25, 0.3) is 0 Å². The maximum absolute atomic E-state index is 12.8. The van der Waals surface area contributed by atoms with Crippen LogP contribution < -0.4 is 16.6 Å². The largest absolute Gasteiger partial charge is 0.433 e. The zero-order chi connectivity index (χ0) is 15.6. The molecule has 1 saturated carbocycles. The van der Waals surface area contributed by atoms with E-state index in [1.807, 2.05) is 0 Å². The van der Waals surface area contributed by atoms with Crippen molar-refractivity contribution in [2.45, 2.75) is 45.3 Å². The van der Waals surface area contributed by atoms with Gasteiger partial charge in [-0.05, 0) is 31.1 Å². The molecule has 1 aliphatic carbocycles. The van der Waals surface area contributed by atoms with E-state index in [1.54, 1.807) is 0 Å². The summed E-state index contributed by atoms with van der Waals surface area (Å²) in [6.45, 7) is 4.36. The van der Waals surface area contributed by atoms with E-state index in [0.717, 1.165) is 25.3 Å². The first-order chi connectivity index (χ1) is 9.79. The lowest BCUT2D eigenvalue weighted by atomic mass is 9.79. The second-order valence-electron chi connectivity index (χ2n) is 5.71. The molecule has 3 atom stereocenters. The maximum Gasteiger partial charge on any atom is 0.433 e. The number of alkyl halides is 3. The Kier molecular flexibility index (Phi) is 4.55. The van der Waals surface area contributed by atoms with Crippen molar-refractivity contribution in [1.82, 2.24) is 9.97 Å². The molecule has 0 amide bonds. The van der Waals surface area contributed by atoms with Crippen LogP contribution in [0.2, 0.25) is 0 Å². The van der Waals surface area contributed by atoms with Gasteiger partial charge in [0.25, 0.3) is 0 Å². The van der Waals surface area contributed by atoms with Gasteiger partial charge in [-0.3, -0.25) is 5.43 Å². The van der Waals surface area contributed by atoms with Crippen LogP contribution >= 0.6 is 0 Å². The topological polar surface area (TPSA) is 75.9 Å². The molecule has 1 fully saturated rings. The van der Waals surface area contributed by atoms with Gasteiger partial charge in [-0.1, -0.05) is 13.8 Å². The summed E-state index contributed by atoms with van der Waals surface area (Å²) in [5, 5.41) is 3.07. The predicted molar refractivity (Wildman–Crippen MR) is 74.4 cm³/mol. The molecule has 1 aromatic heterocycles. The predicted octanol–water partition coefficient (Wildman–Crippen LogP) is 3.02. The Morgan fingerprint density at radius 1 is 1.19 bits per heavy atom. The van der Waals surface area contributed by atoms with Gasteiger partial charge in [-0.15, -0.1) is 0 Å². The molecule has 8 heteroatoms. The number of hydrogen-bond donors (Lipinski definition) is 3. The minimum atomic E-state index is -4.53. The number of aromatic nitrogens is 2. The highest BCUT2D eigenvalue weighted by molar-refractivity contribution is 5.43. The molecule has 1 aromatic rings. The van der Waals surface area contributed by atoms with Crippen LogP contribution in [0.1, 0.15) is 38.8 Å². The third kappa shape index (κ3) is 3.96. The Hall–Kier alpha value is -1.57. The highest BCUT2D eigenvalue weighted by Crippen LogP contribution is 2.33. The van der Waals surface area contributed by atoms with E-state index in [9.17, 15) is 13.2 Å². The molecule has 0 radical (unpaired) electrons. The number of nitrogens with two attached hydrogens (primary N) is 1. The number of halogens is 3. The molecule has 0 bridgehead atoms. The van der Waals surface area contributed by atoms with Gasteiger partial charge in [-0.2, -0.15) is 18.2 Å². The third-order valence-electron chi connectivity index (χ3n) is 4.10. The molecule has 21 heavy (non-hydrogen) atoms. The van der Waals surface area contributed by atoms with Gasteiger partial charge in [-0.25, -0.2) is 10.8 Å². The Morgan fingerprint density at radius 3 is 2.48 bits per heavy atom. The van der Waals surface area contributed by atoms with Crippen LogP contribution in [0, 0.1) is 11.8 Å². The van der Waals surface area contributed by atoms with Crippen LogP contribution in [-0.4, -0.2) is 16.0 Å². The van der Waals surface area contributed by atoms with Crippen molar-refractivity contribution in [2.75, 3.05) is 10.7 Å². The van der Waals surface area contributed by atoms with Crippen molar-refractivity contribution in [2.24, 2.45) is 17.7 Å². The molecular formula is C13H20F3N5. The minimum Gasteiger partial charge on any atom is -0.367 e. The maximum atomic E-state index is 12.8. The van der Waals surface area contributed by atoms with Gasteiger partial charge in [0, 0.05) is 12.1 Å². The smallest absolute Gasteiger partial charge is 0.367 e. The molecule has 118 valence electrons. The van der Waals surface area contributed by atoms with Crippen molar-refractivity contribution in [3.63, 3.8) is 0 Å². The average molecular weight is 303 g/mol. The lowest BCUT2D eigenvalue weighted by Gasteiger charge is -2.32. The van der Waals surface area contributed by atoms with Crippen LogP contribution in [0.15, 0.2) is 6.07 Å². The highest BCUT2D eigenvalue weighted by Gasteiger charge is 2.34. The zero-order valence-electron chi connectivity index (χ0n) is 12.0. The molecule has 0 spiro atoms. The SMILES string of the molecule is CC1CCC(Nc2cc(C(F)(F)F)nc(NN)n2)CC1C. The average Bonchev–Trinajstić information content (AvgIpc) is 2.41. The van der Waals surface area contributed by atoms with Crippen molar-refractivity contribution < 1.29 is 13.2 Å². The quantitative estimate of drug-likeness (QED) is 0.591. The summed E-state index contributed by atoms with van der Waals surface area (Å²) in [4.78, 5) is 7.28. The number of nitrogens with zero attached hydrogens (tertiary/aromatic N) is 2. The van der Waals surface area contributed by atoms with Crippen molar-refractivity contribution >= 4 is 11.8 Å². The fourth-order valence-electron chi connectivity index (χ4n) is 2.62. The van der Waals surface area contributed by atoms with Crippen molar-refractivity contribution in [1.29, 1.82) is 0 Å². The Labute approximate surface area is 121 Å². The van der Waals surface area contributed by atoms with Gasteiger partial charge in [0.15, 0.2) is 5.69 Å². The van der Waals surface area contributed by atoms with Crippen LogP contribution in [-0.2, 0) is 6.18 Å². The molecule has 1 aliphatic rings. The van der Waals surface area contributed by atoms with Crippen LogP contribution in [0.5, 0.6) is 0 Å². The molecular weight excluding hydrogens is 283 g/mol. The van der Waals surface area contributed by atoms with E-state index in [0.29, 0.717) is 11.8 Å². The van der Waals surface area contributed by atoms with E-state index in [4.69, 9.17) is 5.84 Å². The third-order valence-corrected chi connectivity index (χ3v) is 4.10. The lowest BCUT2D eigenvalue weighted by Crippen LogP contribution is -2.31. The normalized spacial score (nSPS) is 26.5. The summed E-state index contributed by atoms with van der Waals surface area (Å²) in [5.41, 5.74) is 1.06. The standard InChI is InChI=1S/C13H20F3N5/c1-7-3-4-9(5-8(7)2)18-11-6-10(13(14,15)16)19-12(20-11)21-17/h6-9H,3-5,17H2,1-2H3,(H2,18,19,20,21). The van der Waals surface area contributed by atoms with E-state index in [1.165, 1.54) is 0 Å². The molecule has 2 rings (SSSR count). The van der Waals surface area contributed by atoms with Gasteiger partial charge < -0.3 is 5.32 Å². The summed E-state index contributed by atoms with van der Waals surface area (Å²) in [7, 11) is 0. The molecule has 4 N–H and O–H groups in total. The fourth-order valence-corrected chi connectivity index (χ4v) is 2.62. The number of nitrogen functional groups attached to an aromatic ring is 1. The molecule has 0 saturated heterocycles. The van der Waals surface area contributed by atoms with E-state index < -0.39 is 11.9 Å². The summed E-state index contributed by atoms with van der Waals surface area (Å²) >= 11 is 0. The number of rotatable bonds is 3.